The Morgan fingerprint density at radius 3 is 2.88 bits per heavy atom. The lowest BCUT2D eigenvalue weighted by molar-refractivity contribution is -0.0906. The van der Waals surface area contributed by atoms with Crippen LogP contribution in [0.5, 0.6) is 0 Å². The molecule has 1 amide bonds. The highest BCUT2D eigenvalue weighted by Gasteiger charge is 2.42. The van der Waals surface area contributed by atoms with Gasteiger partial charge in [-0.15, -0.1) is 11.3 Å². The van der Waals surface area contributed by atoms with E-state index in [4.69, 9.17) is 4.74 Å². The first-order valence-corrected chi connectivity index (χ1v) is 9.73. The van der Waals surface area contributed by atoms with E-state index in [2.05, 4.69) is 16.4 Å². The van der Waals surface area contributed by atoms with Crippen molar-refractivity contribution in [2.24, 2.45) is 0 Å². The molecule has 0 saturated carbocycles. The minimum Gasteiger partial charge on any atom is -0.369 e. The van der Waals surface area contributed by atoms with E-state index in [9.17, 15) is 9.59 Å². The van der Waals surface area contributed by atoms with Crippen molar-refractivity contribution in [1.29, 1.82) is 0 Å². The Hall–Kier alpha value is -1.92. The zero-order valence-electron chi connectivity index (χ0n) is 14.3. The van der Waals surface area contributed by atoms with Crippen LogP contribution in [0.25, 0.3) is 0 Å². The van der Waals surface area contributed by atoms with Crippen LogP contribution in [0.15, 0.2) is 28.4 Å². The number of hydrogen-bond donors (Lipinski definition) is 1. The Morgan fingerprint density at radius 2 is 2.12 bits per heavy atom. The molecule has 1 spiro atoms. The SMILES string of the molecule is CCc1[nH]c(=O)ccc1C(=O)N1CCC2(CC1)OCCc1ccsc12. The molecular weight excluding hydrogens is 336 g/mol. The molecule has 0 aliphatic carbocycles. The smallest absolute Gasteiger partial charge is 0.255 e. The topological polar surface area (TPSA) is 62.4 Å². The van der Waals surface area contributed by atoms with Crippen molar-refractivity contribution < 1.29 is 9.53 Å². The zero-order valence-corrected chi connectivity index (χ0v) is 15.2. The maximum absolute atomic E-state index is 12.9. The molecule has 1 N–H and O–H groups in total. The van der Waals surface area contributed by atoms with E-state index in [1.165, 1.54) is 16.5 Å². The number of aryl methyl sites for hydroxylation is 1. The first kappa shape index (κ1) is 16.5. The Morgan fingerprint density at radius 1 is 1.32 bits per heavy atom. The number of aromatic amines is 1. The van der Waals surface area contributed by atoms with Gasteiger partial charge in [0.25, 0.3) is 5.91 Å². The van der Waals surface area contributed by atoms with E-state index in [1.807, 2.05) is 11.8 Å². The monoisotopic (exact) mass is 358 g/mol. The minimum atomic E-state index is -0.211. The number of nitrogens with zero attached hydrogens (tertiary/aromatic N) is 1. The van der Waals surface area contributed by atoms with Crippen LogP contribution in [0.1, 0.15) is 46.3 Å². The molecular formula is C19H22N2O3S. The predicted molar refractivity (Wildman–Crippen MR) is 97.2 cm³/mol. The number of nitrogens with one attached hydrogen (secondary N) is 1. The third-order valence-electron chi connectivity index (χ3n) is 5.35. The van der Waals surface area contributed by atoms with Gasteiger partial charge in [0.05, 0.1) is 12.2 Å². The van der Waals surface area contributed by atoms with E-state index in [0.717, 1.165) is 25.9 Å². The molecule has 4 rings (SSSR count). The molecule has 6 heteroatoms. The van der Waals surface area contributed by atoms with Crippen molar-refractivity contribution in [2.45, 2.75) is 38.2 Å². The highest BCUT2D eigenvalue weighted by molar-refractivity contribution is 7.10. The van der Waals surface area contributed by atoms with Crippen molar-refractivity contribution in [1.82, 2.24) is 9.88 Å². The Kier molecular flexibility index (Phi) is 4.25. The molecule has 2 aromatic rings. The fraction of sp³-hybridized carbons (Fsp3) is 0.474. The van der Waals surface area contributed by atoms with Gasteiger partial charge in [0.1, 0.15) is 5.60 Å². The van der Waals surface area contributed by atoms with Crippen LogP contribution in [0.3, 0.4) is 0 Å². The summed E-state index contributed by atoms with van der Waals surface area (Å²) in [7, 11) is 0. The second-order valence-corrected chi connectivity index (χ2v) is 7.64. The van der Waals surface area contributed by atoms with Crippen LogP contribution in [-0.4, -0.2) is 35.5 Å². The van der Waals surface area contributed by atoms with Crippen molar-refractivity contribution in [3.05, 3.63) is 55.6 Å². The van der Waals surface area contributed by atoms with E-state index in [0.29, 0.717) is 30.8 Å². The summed E-state index contributed by atoms with van der Waals surface area (Å²) in [6, 6.07) is 5.29. The molecule has 0 bridgehead atoms. The summed E-state index contributed by atoms with van der Waals surface area (Å²) in [5.74, 6) is 0.00478. The average Bonchev–Trinajstić information content (AvgIpc) is 3.12. The number of rotatable bonds is 2. The second-order valence-electron chi connectivity index (χ2n) is 6.73. The molecule has 0 aromatic carbocycles. The van der Waals surface area contributed by atoms with Crippen molar-refractivity contribution in [3.63, 3.8) is 0 Å². The van der Waals surface area contributed by atoms with Crippen molar-refractivity contribution in [2.75, 3.05) is 19.7 Å². The molecule has 25 heavy (non-hydrogen) atoms. The number of ether oxygens (including phenoxy) is 1. The lowest BCUT2D eigenvalue weighted by Gasteiger charge is -2.43. The molecule has 4 heterocycles. The fourth-order valence-corrected chi connectivity index (χ4v) is 5.13. The molecule has 2 aliphatic rings. The van der Waals surface area contributed by atoms with Gasteiger partial charge in [-0.2, -0.15) is 0 Å². The number of H-pyrrole nitrogens is 1. The Balaban J connectivity index is 1.53. The summed E-state index contributed by atoms with van der Waals surface area (Å²) in [4.78, 5) is 30.5. The number of hydrogen-bond acceptors (Lipinski definition) is 4. The maximum Gasteiger partial charge on any atom is 0.255 e. The number of likely N-dealkylation sites (tertiary alicyclic amines) is 1. The van der Waals surface area contributed by atoms with Crippen molar-refractivity contribution >= 4 is 17.2 Å². The van der Waals surface area contributed by atoms with Gasteiger partial charge in [-0.25, -0.2) is 0 Å². The molecule has 1 fully saturated rings. The number of fused-ring (bicyclic) bond motifs is 2. The highest BCUT2D eigenvalue weighted by Crippen LogP contribution is 2.44. The van der Waals surface area contributed by atoms with Gasteiger partial charge in [0, 0.05) is 29.7 Å². The summed E-state index contributed by atoms with van der Waals surface area (Å²) in [6.45, 7) is 4.07. The molecule has 0 atom stereocenters. The largest absolute Gasteiger partial charge is 0.369 e. The van der Waals surface area contributed by atoms with E-state index in [-0.39, 0.29) is 17.1 Å². The van der Waals surface area contributed by atoms with Gasteiger partial charge in [0.2, 0.25) is 5.56 Å². The Bertz CT molecular complexity index is 846. The lowest BCUT2D eigenvalue weighted by Crippen LogP contribution is -2.48. The molecule has 5 nitrogen and oxygen atoms in total. The van der Waals surface area contributed by atoms with Crippen LogP contribution in [-0.2, 0) is 23.2 Å². The first-order chi connectivity index (χ1) is 12.1. The van der Waals surface area contributed by atoms with E-state index in [1.54, 1.807) is 17.4 Å². The molecule has 2 aromatic heterocycles. The number of carbonyl (C=O) groups excluding carboxylic acids is 1. The maximum atomic E-state index is 12.9. The third-order valence-corrected chi connectivity index (χ3v) is 6.50. The fourth-order valence-electron chi connectivity index (χ4n) is 3.96. The first-order valence-electron chi connectivity index (χ1n) is 8.85. The zero-order chi connectivity index (χ0) is 17.4. The third kappa shape index (κ3) is 2.83. The minimum absolute atomic E-state index is 0.00478. The van der Waals surface area contributed by atoms with Crippen LogP contribution < -0.4 is 5.56 Å². The van der Waals surface area contributed by atoms with Gasteiger partial charge >= 0.3 is 0 Å². The summed E-state index contributed by atoms with van der Waals surface area (Å²) in [5, 5.41) is 2.15. The summed E-state index contributed by atoms with van der Waals surface area (Å²) in [6.07, 6.45) is 3.28. The average molecular weight is 358 g/mol. The van der Waals surface area contributed by atoms with Gasteiger partial charge in [-0.05, 0) is 48.8 Å². The molecule has 0 radical (unpaired) electrons. The van der Waals surface area contributed by atoms with Crippen molar-refractivity contribution in [3.8, 4) is 0 Å². The standard InChI is InChI=1S/C19H22N2O3S/c1-2-15-14(3-4-16(22)20-15)18(23)21-9-7-19(8-10-21)17-13(5-11-24-19)6-12-25-17/h3-4,6,12H,2,5,7-11H2,1H3,(H,20,22). The lowest BCUT2D eigenvalue weighted by atomic mass is 9.85. The summed E-state index contributed by atoms with van der Waals surface area (Å²) >= 11 is 1.78. The summed E-state index contributed by atoms with van der Waals surface area (Å²) < 4.78 is 6.21. The van der Waals surface area contributed by atoms with E-state index < -0.39 is 0 Å². The van der Waals surface area contributed by atoms with Crippen LogP contribution in [0.4, 0.5) is 0 Å². The van der Waals surface area contributed by atoms with Gasteiger partial charge in [-0.3, -0.25) is 9.59 Å². The van der Waals surface area contributed by atoms with Crippen LogP contribution in [0.2, 0.25) is 0 Å². The van der Waals surface area contributed by atoms with E-state index >= 15 is 0 Å². The Labute approximate surface area is 150 Å². The summed E-state index contributed by atoms with van der Waals surface area (Å²) in [5.41, 5.74) is 2.36. The normalized spacial score (nSPS) is 19.0. The van der Waals surface area contributed by atoms with Gasteiger partial charge in [-0.1, -0.05) is 6.92 Å². The predicted octanol–water partition coefficient (Wildman–Crippen LogP) is 2.70. The van der Waals surface area contributed by atoms with Gasteiger partial charge < -0.3 is 14.6 Å². The highest BCUT2D eigenvalue weighted by atomic mass is 32.1. The molecule has 1 saturated heterocycles. The second kappa shape index (κ2) is 6.42. The van der Waals surface area contributed by atoms with Crippen LogP contribution >= 0.6 is 11.3 Å². The van der Waals surface area contributed by atoms with Crippen LogP contribution in [0, 0.1) is 0 Å². The quantitative estimate of drug-likeness (QED) is 0.898. The molecule has 2 aliphatic heterocycles. The number of piperidine rings is 1. The molecule has 0 unspecified atom stereocenters. The number of carbonyl (C=O) groups is 1. The number of thiophene rings is 1. The number of aromatic nitrogens is 1. The molecule has 132 valence electrons. The van der Waals surface area contributed by atoms with Gasteiger partial charge in [0.15, 0.2) is 0 Å². The number of amides is 1. The number of pyridine rings is 1.